The number of methoxy groups -OCH3 is 1. The number of hydrogen-bond acceptors (Lipinski definition) is 5. The van der Waals surface area contributed by atoms with Gasteiger partial charge in [0.05, 0.1) is 19.8 Å². The maximum Gasteiger partial charge on any atom is 0.256 e. The minimum Gasteiger partial charge on any atom is -0.570 e. The zero-order valence-corrected chi connectivity index (χ0v) is 17.5. The monoisotopic (exact) mass is 513 g/mol. The van der Waals surface area contributed by atoms with E-state index in [0.29, 0.717) is 23.1 Å². The van der Waals surface area contributed by atoms with E-state index in [1.807, 2.05) is 6.92 Å². The summed E-state index contributed by atoms with van der Waals surface area (Å²) in [6, 6.07) is 0. The Labute approximate surface area is 161 Å². The summed E-state index contributed by atoms with van der Waals surface area (Å²) in [4.78, 5) is 23.1. The van der Waals surface area contributed by atoms with Crippen molar-refractivity contribution in [2.24, 2.45) is 5.41 Å². The molecule has 2 fully saturated rings. The van der Waals surface area contributed by atoms with Gasteiger partial charge in [0.1, 0.15) is 0 Å². The third kappa shape index (κ3) is 7.56. The van der Waals surface area contributed by atoms with Crippen LogP contribution in [0, 0.1) is 12.0 Å². The second-order valence-electron chi connectivity index (χ2n) is 6.03. The second kappa shape index (κ2) is 11.1. The second-order valence-corrected chi connectivity index (χ2v) is 6.03. The van der Waals surface area contributed by atoms with Crippen LogP contribution in [0.15, 0.2) is 11.1 Å². The molecule has 0 saturated carbocycles. The summed E-state index contributed by atoms with van der Waals surface area (Å²) in [7, 11) is 3.22. The molecule has 140 valence electrons. The molecule has 24 heavy (non-hydrogen) atoms. The number of epoxide rings is 1. The summed E-state index contributed by atoms with van der Waals surface area (Å²) in [5.41, 5.74) is 1.45. The van der Waals surface area contributed by atoms with Gasteiger partial charge in [0.25, 0.3) is 11.8 Å². The molecule has 3 rings (SSSR count). The van der Waals surface area contributed by atoms with Gasteiger partial charge >= 0.3 is 0 Å². The molecule has 3 aliphatic rings. The van der Waals surface area contributed by atoms with Crippen LogP contribution in [0.2, 0.25) is 0 Å². The Kier molecular flexibility index (Phi) is 10.9. The maximum absolute atomic E-state index is 11.0. The van der Waals surface area contributed by atoms with E-state index in [-0.39, 0.29) is 46.4 Å². The fourth-order valence-corrected chi connectivity index (χ4v) is 1.87. The molecule has 1 atom stereocenters. The van der Waals surface area contributed by atoms with Crippen LogP contribution in [0.3, 0.4) is 0 Å². The van der Waals surface area contributed by atoms with E-state index in [1.54, 1.807) is 21.0 Å². The van der Waals surface area contributed by atoms with Gasteiger partial charge in [-0.2, -0.15) is 7.95 Å². The minimum absolute atomic E-state index is 0. The van der Waals surface area contributed by atoms with E-state index >= 15 is 0 Å². The number of imide groups is 1. The van der Waals surface area contributed by atoms with E-state index in [2.05, 4.69) is 11.7 Å². The number of ether oxygens (including phenoxy) is 3. The van der Waals surface area contributed by atoms with Crippen molar-refractivity contribution < 1.29 is 46.2 Å². The van der Waals surface area contributed by atoms with E-state index in [0.717, 1.165) is 24.7 Å². The Hall–Kier alpha value is -0.552. The SMILES string of the molecule is C.CC1=C(C)C(=O)N(C)C1=O.COCC1(C)COC1.[2H][C-]1OC1C.[W]. The van der Waals surface area contributed by atoms with Crippen LogP contribution >= 0.6 is 0 Å². The minimum atomic E-state index is -0.178. The Morgan fingerprint density at radius 2 is 1.71 bits per heavy atom. The van der Waals surface area contributed by atoms with Gasteiger partial charge in [0.15, 0.2) is 0 Å². The molecule has 1 unspecified atom stereocenters. The summed E-state index contributed by atoms with van der Waals surface area (Å²) in [6.07, 6.45) is 0.134. The van der Waals surface area contributed by atoms with E-state index < -0.39 is 0 Å². The van der Waals surface area contributed by atoms with Crippen molar-refractivity contribution in [2.75, 3.05) is 34.0 Å². The van der Waals surface area contributed by atoms with Gasteiger partial charge in [-0.25, -0.2) is 0 Å². The summed E-state index contributed by atoms with van der Waals surface area (Å²) in [6.45, 7) is 10.3. The molecule has 0 aliphatic carbocycles. The molecule has 0 spiro atoms. The third-order valence-electron chi connectivity index (χ3n) is 3.56. The van der Waals surface area contributed by atoms with Crippen molar-refractivity contribution in [3.8, 4) is 0 Å². The molecule has 0 radical (unpaired) electrons. The van der Waals surface area contributed by atoms with Gasteiger partial charge in [-0.1, -0.05) is 27.4 Å². The van der Waals surface area contributed by atoms with Crippen molar-refractivity contribution in [3.63, 3.8) is 0 Å². The summed E-state index contributed by atoms with van der Waals surface area (Å²) in [5.74, 6) is -0.356. The van der Waals surface area contributed by atoms with Crippen molar-refractivity contribution in [1.29, 1.82) is 0 Å². The number of rotatable bonds is 2. The molecular formula is C17H30NO5W-. The number of carbonyl (C=O) groups is 2. The Bertz CT molecular complexity index is 463. The van der Waals surface area contributed by atoms with Gasteiger partial charge < -0.3 is 14.2 Å². The molecule has 0 N–H and O–H groups in total. The molecule has 0 aromatic heterocycles. The van der Waals surface area contributed by atoms with Crippen LogP contribution < -0.4 is 0 Å². The van der Waals surface area contributed by atoms with E-state index in [1.165, 1.54) is 7.05 Å². The van der Waals surface area contributed by atoms with Crippen LogP contribution in [0.4, 0.5) is 0 Å². The van der Waals surface area contributed by atoms with Crippen molar-refractivity contribution in [1.82, 2.24) is 4.90 Å². The Morgan fingerprint density at radius 3 is 1.79 bits per heavy atom. The van der Waals surface area contributed by atoms with Crippen molar-refractivity contribution in [2.45, 2.75) is 41.2 Å². The fourth-order valence-electron chi connectivity index (χ4n) is 1.87. The number of amides is 2. The first kappa shape index (κ1) is 23.4. The average molecular weight is 513 g/mol. The standard InChI is InChI=1S/C7H9NO2.C6H12O2.C3H5O.CH4.W/c1-4-5(2)7(10)8(3)6(4)9;1-6(3-7-2)4-8-5-6;1-3-2-4-3;;/h1-3H3;3-5H2,1-2H3;2-3H,1H3;1H4;/q;;-1;;/i;;2D;;. The Balaban J connectivity index is 0. The van der Waals surface area contributed by atoms with Crippen LogP contribution in [-0.4, -0.2) is 56.8 Å². The maximum atomic E-state index is 11.0. The van der Waals surface area contributed by atoms with Crippen LogP contribution in [0.1, 0.15) is 36.5 Å². The summed E-state index contributed by atoms with van der Waals surface area (Å²) < 4.78 is 21.1. The first-order valence-corrected chi connectivity index (χ1v) is 7.19. The van der Waals surface area contributed by atoms with Crippen LogP contribution in [0.5, 0.6) is 0 Å². The first-order chi connectivity index (χ1) is 10.6. The van der Waals surface area contributed by atoms with E-state index in [9.17, 15) is 9.59 Å². The van der Waals surface area contributed by atoms with Crippen LogP contribution in [0.25, 0.3) is 0 Å². The normalized spacial score (nSPS) is 24.3. The molecular weight excluding hydrogens is 482 g/mol. The van der Waals surface area contributed by atoms with Crippen molar-refractivity contribution in [3.05, 3.63) is 17.7 Å². The van der Waals surface area contributed by atoms with Gasteiger partial charge in [-0.3, -0.25) is 14.5 Å². The molecule has 0 aromatic rings. The predicted molar refractivity (Wildman–Crippen MR) is 88.5 cm³/mol. The van der Waals surface area contributed by atoms with Gasteiger partial charge in [0.2, 0.25) is 0 Å². The van der Waals surface area contributed by atoms with Crippen molar-refractivity contribution >= 4 is 11.8 Å². The molecule has 3 heterocycles. The fraction of sp³-hybridized carbons (Fsp3) is 0.706. The molecule has 2 amide bonds. The number of likely N-dealkylation sites (N-methyl/N-ethyl adjacent to an activating group) is 1. The summed E-state index contributed by atoms with van der Waals surface area (Å²) in [5, 5.41) is 0. The van der Waals surface area contributed by atoms with Gasteiger partial charge in [-0.15, -0.1) is 0 Å². The largest absolute Gasteiger partial charge is 0.570 e. The number of nitrogens with zero attached hydrogens (tertiary/aromatic N) is 1. The third-order valence-corrected chi connectivity index (χ3v) is 3.56. The van der Waals surface area contributed by atoms with E-state index in [4.69, 9.17) is 10.8 Å². The zero-order chi connectivity index (χ0) is 17.8. The smallest absolute Gasteiger partial charge is 0.256 e. The number of hydrogen-bond donors (Lipinski definition) is 0. The van der Waals surface area contributed by atoms with Crippen LogP contribution in [-0.2, 0) is 44.9 Å². The van der Waals surface area contributed by atoms with Gasteiger partial charge in [0, 0.05) is 51.8 Å². The first-order valence-electron chi connectivity index (χ1n) is 7.69. The molecule has 6 nitrogen and oxygen atoms in total. The van der Waals surface area contributed by atoms with Gasteiger partial charge in [-0.05, 0) is 13.8 Å². The molecule has 7 heteroatoms. The molecule has 3 aliphatic heterocycles. The molecule has 0 aromatic carbocycles. The molecule has 2 saturated heterocycles. The number of carbonyl (C=O) groups excluding carboxylic acids is 2. The quantitative estimate of drug-likeness (QED) is 0.322. The Morgan fingerprint density at radius 1 is 1.33 bits per heavy atom. The predicted octanol–water partition coefficient (Wildman–Crippen LogP) is 2.19. The average Bonchev–Trinajstić information content (AvgIpc) is 3.11. The topological polar surface area (TPSA) is 68.4 Å². The molecule has 0 bridgehead atoms. The zero-order valence-electron chi connectivity index (χ0n) is 15.6. The summed E-state index contributed by atoms with van der Waals surface area (Å²) >= 11 is 0.